The molecule has 0 amide bonds. The molecule has 4 nitrogen and oxygen atoms in total. The average Bonchev–Trinajstić information content (AvgIpc) is 3.02. The lowest BCUT2D eigenvalue weighted by Crippen LogP contribution is -2.19. The van der Waals surface area contributed by atoms with Crippen molar-refractivity contribution in [1.82, 2.24) is 14.9 Å². The van der Waals surface area contributed by atoms with E-state index in [1.54, 1.807) is 0 Å². The lowest BCUT2D eigenvalue weighted by Gasteiger charge is -2.08. The summed E-state index contributed by atoms with van der Waals surface area (Å²) in [6, 6.07) is 0.716. The van der Waals surface area contributed by atoms with Crippen molar-refractivity contribution in [1.29, 1.82) is 0 Å². The van der Waals surface area contributed by atoms with E-state index in [2.05, 4.69) is 14.9 Å². The smallest absolute Gasteiger partial charge is 0.0948 e. The van der Waals surface area contributed by atoms with Gasteiger partial charge < -0.3 is 9.88 Å². The Morgan fingerprint density at radius 3 is 3.12 bits per heavy atom. The molecule has 1 aliphatic carbocycles. The number of imidazole rings is 1. The second kappa shape index (κ2) is 5.59. The summed E-state index contributed by atoms with van der Waals surface area (Å²) in [5, 5.41) is 3.46. The molecule has 1 saturated carbocycles. The molecule has 0 aromatic carbocycles. The third-order valence-corrected chi connectivity index (χ3v) is 4.11. The maximum Gasteiger partial charge on any atom is 0.0948 e. The summed E-state index contributed by atoms with van der Waals surface area (Å²) in [7, 11) is -0.689. The summed E-state index contributed by atoms with van der Waals surface area (Å²) >= 11 is 0. The van der Waals surface area contributed by atoms with Gasteiger partial charge in [0, 0.05) is 47.6 Å². The molecule has 90 valence electrons. The van der Waals surface area contributed by atoms with E-state index < -0.39 is 10.8 Å². The molecule has 1 fully saturated rings. The first-order valence-corrected chi connectivity index (χ1v) is 7.35. The van der Waals surface area contributed by atoms with Crippen molar-refractivity contribution in [2.24, 2.45) is 0 Å². The number of hydrogen-bond acceptors (Lipinski definition) is 3. The minimum absolute atomic E-state index is 0.689. The highest BCUT2D eigenvalue weighted by Gasteiger charge is 2.20. The Balaban J connectivity index is 1.82. The molecule has 0 radical (unpaired) electrons. The third kappa shape index (κ3) is 3.42. The Hall–Kier alpha value is -0.680. The fourth-order valence-electron chi connectivity index (χ4n) is 1.58. The average molecular weight is 241 g/mol. The molecule has 1 aromatic heterocycles. The quantitative estimate of drug-likeness (QED) is 0.771. The molecule has 2 rings (SSSR count). The van der Waals surface area contributed by atoms with Crippen LogP contribution in [0.1, 0.15) is 25.5 Å². The predicted octanol–water partition coefficient (Wildman–Crippen LogP) is 0.904. The lowest BCUT2D eigenvalue weighted by atomic mass is 10.4. The number of aromatic nitrogens is 2. The molecule has 1 heterocycles. The van der Waals surface area contributed by atoms with Gasteiger partial charge in [-0.1, -0.05) is 6.92 Å². The summed E-state index contributed by atoms with van der Waals surface area (Å²) in [6.07, 6.45) is 6.32. The van der Waals surface area contributed by atoms with E-state index in [4.69, 9.17) is 0 Å². The highest BCUT2D eigenvalue weighted by Crippen LogP contribution is 2.19. The Morgan fingerprint density at radius 2 is 2.44 bits per heavy atom. The fraction of sp³-hybridized carbons (Fsp3) is 0.727. The molecule has 0 aliphatic heterocycles. The summed E-state index contributed by atoms with van der Waals surface area (Å²) < 4.78 is 13.5. The van der Waals surface area contributed by atoms with Crippen LogP contribution in [0.3, 0.4) is 0 Å². The maximum absolute atomic E-state index is 11.4. The SMILES string of the molecule is CCS(=O)CCn1cncc1CNC1CC1. The van der Waals surface area contributed by atoms with Gasteiger partial charge in [-0.05, 0) is 12.8 Å². The van der Waals surface area contributed by atoms with Gasteiger partial charge in [-0.15, -0.1) is 0 Å². The van der Waals surface area contributed by atoms with E-state index >= 15 is 0 Å². The Kier molecular flexibility index (Phi) is 4.12. The van der Waals surface area contributed by atoms with Crippen LogP contribution in [0.25, 0.3) is 0 Å². The molecule has 1 N–H and O–H groups in total. The van der Waals surface area contributed by atoms with Gasteiger partial charge in [0.05, 0.1) is 12.0 Å². The van der Waals surface area contributed by atoms with Crippen molar-refractivity contribution >= 4 is 10.8 Å². The Bertz CT molecular complexity index is 360. The molecule has 1 aromatic rings. The molecule has 0 bridgehead atoms. The lowest BCUT2D eigenvalue weighted by molar-refractivity contribution is 0.622. The molecule has 1 aliphatic rings. The molecule has 0 spiro atoms. The minimum Gasteiger partial charge on any atom is -0.332 e. The zero-order valence-electron chi connectivity index (χ0n) is 9.69. The van der Waals surface area contributed by atoms with E-state index in [1.165, 1.54) is 18.5 Å². The molecule has 0 saturated heterocycles. The third-order valence-electron chi connectivity index (χ3n) is 2.83. The van der Waals surface area contributed by atoms with Crippen LogP contribution < -0.4 is 5.32 Å². The normalized spacial score (nSPS) is 17.6. The van der Waals surface area contributed by atoms with Crippen LogP contribution in [0.2, 0.25) is 0 Å². The van der Waals surface area contributed by atoms with Crippen molar-refractivity contribution in [3.05, 3.63) is 18.2 Å². The summed E-state index contributed by atoms with van der Waals surface area (Å²) in [4.78, 5) is 4.15. The van der Waals surface area contributed by atoms with Crippen molar-refractivity contribution in [2.45, 2.75) is 38.9 Å². The number of aryl methyl sites for hydroxylation is 1. The first-order valence-electron chi connectivity index (χ1n) is 5.87. The monoisotopic (exact) mass is 241 g/mol. The second-order valence-corrected chi connectivity index (χ2v) is 6.03. The number of hydrogen-bond donors (Lipinski definition) is 1. The van der Waals surface area contributed by atoms with Crippen LogP contribution in [0.15, 0.2) is 12.5 Å². The van der Waals surface area contributed by atoms with Crippen LogP contribution in [-0.4, -0.2) is 31.3 Å². The summed E-state index contributed by atoms with van der Waals surface area (Å²) in [6.45, 7) is 3.64. The van der Waals surface area contributed by atoms with Gasteiger partial charge in [0.2, 0.25) is 0 Å². The maximum atomic E-state index is 11.4. The van der Waals surface area contributed by atoms with Gasteiger partial charge >= 0.3 is 0 Å². The van der Waals surface area contributed by atoms with E-state index in [9.17, 15) is 4.21 Å². The van der Waals surface area contributed by atoms with Crippen molar-refractivity contribution in [2.75, 3.05) is 11.5 Å². The zero-order chi connectivity index (χ0) is 11.4. The number of rotatable bonds is 7. The second-order valence-electron chi connectivity index (χ2n) is 4.17. The first-order chi connectivity index (χ1) is 7.79. The van der Waals surface area contributed by atoms with Gasteiger partial charge in [-0.2, -0.15) is 0 Å². The number of nitrogens with zero attached hydrogens (tertiary/aromatic N) is 2. The van der Waals surface area contributed by atoms with Crippen LogP contribution in [-0.2, 0) is 23.9 Å². The molecule has 1 unspecified atom stereocenters. The van der Waals surface area contributed by atoms with Crippen LogP contribution in [0, 0.1) is 0 Å². The molecule has 5 heteroatoms. The van der Waals surface area contributed by atoms with Gasteiger partial charge in [0.1, 0.15) is 0 Å². The Morgan fingerprint density at radius 1 is 1.62 bits per heavy atom. The van der Waals surface area contributed by atoms with Gasteiger partial charge in [-0.3, -0.25) is 4.21 Å². The van der Waals surface area contributed by atoms with Crippen molar-refractivity contribution < 1.29 is 4.21 Å². The molecule has 16 heavy (non-hydrogen) atoms. The largest absolute Gasteiger partial charge is 0.332 e. The van der Waals surface area contributed by atoms with Crippen molar-refractivity contribution in [3.8, 4) is 0 Å². The van der Waals surface area contributed by atoms with Gasteiger partial charge in [0.25, 0.3) is 0 Å². The predicted molar refractivity (Wildman–Crippen MR) is 65.6 cm³/mol. The van der Waals surface area contributed by atoms with Crippen LogP contribution >= 0.6 is 0 Å². The van der Waals surface area contributed by atoms with E-state index in [1.807, 2.05) is 19.4 Å². The molecule has 1 atom stereocenters. The van der Waals surface area contributed by atoms with E-state index in [0.29, 0.717) is 6.04 Å². The molecular weight excluding hydrogens is 222 g/mol. The molecular formula is C11H19N3OS. The first kappa shape index (κ1) is 11.8. The standard InChI is InChI=1S/C11H19N3OS/c1-2-16(15)6-5-14-9-12-7-11(14)8-13-10-3-4-10/h7,9-10,13H,2-6,8H2,1H3. The highest BCUT2D eigenvalue weighted by molar-refractivity contribution is 7.84. The van der Waals surface area contributed by atoms with Crippen LogP contribution in [0.4, 0.5) is 0 Å². The topological polar surface area (TPSA) is 46.9 Å². The summed E-state index contributed by atoms with van der Waals surface area (Å²) in [5.41, 5.74) is 1.19. The van der Waals surface area contributed by atoms with Gasteiger partial charge in [0.15, 0.2) is 0 Å². The van der Waals surface area contributed by atoms with Crippen LogP contribution in [0.5, 0.6) is 0 Å². The van der Waals surface area contributed by atoms with Gasteiger partial charge in [-0.25, -0.2) is 4.98 Å². The zero-order valence-corrected chi connectivity index (χ0v) is 10.5. The summed E-state index contributed by atoms with van der Waals surface area (Å²) in [5.74, 6) is 1.47. The minimum atomic E-state index is -0.689. The number of nitrogens with one attached hydrogen (secondary N) is 1. The van der Waals surface area contributed by atoms with E-state index in [-0.39, 0.29) is 0 Å². The highest BCUT2D eigenvalue weighted by atomic mass is 32.2. The van der Waals surface area contributed by atoms with E-state index in [0.717, 1.165) is 24.6 Å². The fourth-order valence-corrected chi connectivity index (χ4v) is 2.27. The van der Waals surface area contributed by atoms with Crippen molar-refractivity contribution in [3.63, 3.8) is 0 Å². The Labute approximate surface area is 98.9 Å².